The topological polar surface area (TPSA) is 69.7 Å². The molecular formula is C22H28FN3O3S. The van der Waals surface area contributed by atoms with Crippen molar-refractivity contribution in [1.82, 2.24) is 9.62 Å². The van der Waals surface area contributed by atoms with Crippen LogP contribution in [0.1, 0.15) is 19.4 Å². The molecule has 0 bridgehead atoms. The minimum atomic E-state index is -4.16. The van der Waals surface area contributed by atoms with Crippen molar-refractivity contribution < 1.29 is 17.6 Å². The van der Waals surface area contributed by atoms with Gasteiger partial charge < -0.3 is 9.80 Å². The lowest BCUT2D eigenvalue weighted by Crippen LogP contribution is -2.56. The number of nitrogens with one attached hydrogen (secondary N) is 1. The Hall–Kier alpha value is -2.45. The number of carbonyl (C=O) groups is 1. The molecule has 162 valence electrons. The molecule has 0 aromatic heterocycles. The molecule has 1 amide bonds. The van der Waals surface area contributed by atoms with Gasteiger partial charge in [0.25, 0.3) is 0 Å². The highest BCUT2D eigenvalue weighted by Crippen LogP contribution is 2.20. The van der Waals surface area contributed by atoms with Gasteiger partial charge in [-0.05, 0) is 42.7 Å². The van der Waals surface area contributed by atoms with E-state index in [-0.39, 0.29) is 11.8 Å². The number of aryl methyl sites for hydroxylation is 1. The van der Waals surface area contributed by atoms with Gasteiger partial charge in [0.05, 0.1) is 0 Å². The average Bonchev–Trinajstić information content (AvgIpc) is 2.72. The van der Waals surface area contributed by atoms with Crippen LogP contribution in [0.25, 0.3) is 0 Å². The Morgan fingerprint density at radius 1 is 1.03 bits per heavy atom. The predicted octanol–water partition coefficient (Wildman–Crippen LogP) is 2.79. The van der Waals surface area contributed by atoms with Crippen LogP contribution in [0.3, 0.4) is 0 Å². The van der Waals surface area contributed by atoms with Gasteiger partial charge in [-0.25, -0.2) is 12.8 Å². The van der Waals surface area contributed by atoms with Gasteiger partial charge in [0.15, 0.2) is 0 Å². The quantitative estimate of drug-likeness (QED) is 0.761. The molecule has 2 aromatic carbocycles. The number of sulfonamides is 1. The summed E-state index contributed by atoms with van der Waals surface area (Å²) in [6, 6.07) is 12.4. The van der Waals surface area contributed by atoms with Crippen LogP contribution in [0, 0.1) is 18.7 Å². The van der Waals surface area contributed by atoms with E-state index in [1.807, 2.05) is 25.1 Å². The summed E-state index contributed by atoms with van der Waals surface area (Å²) in [7, 11) is -4.16. The summed E-state index contributed by atoms with van der Waals surface area (Å²) in [6.07, 6.45) is 0. The Balaban J connectivity index is 1.70. The van der Waals surface area contributed by atoms with Crippen molar-refractivity contribution in [2.45, 2.75) is 31.7 Å². The molecule has 0 saturated carbocycles. The Labute approximate surface area is 177 Å². The van der Waals surface area contributed by atoms with E-state index in [0.717, 1.165) is 11.8 Å². The lowest BCUT2D eigenvalue weighted by molar-refractivity contribution is -0.134. The van der Waals surface area contributed by atoms with Gasteiger partial charge in [0, 0.05) is 31.9 Å². The predicted molar refractivity (Wildman–Crippen MR) is 115 cm³/mol. The number of rotatable bonds is 6. The highest BCUT2D eigenvalue weighted by atomic mass is 32.2. The number of benzene rings is 2. The largest absolute Gasteiger partial charge is 0.368 e. The maximum atomic E-state index is 14.0. The third-order valence-electron chi connectivity index (χ3n) is 5.30. The van der Waals surface area contributed by atoms with E-state index in [1.54, 1.807) is 18.7 Å². The fourth-order valence-electron chi connectivity index (χ4n) is 3.57. The van der Waals surface area contributed by atoms with Gasteiger partial charge in [-0.15, -0.1) is 0 Å². The van der Waals surface area contributed by atoms with E-state index in [2.05, 4.69) is 15.7 Å². The number of halogens is 1. The van der Waals surface area contributed by atoms with Gasteiger partial charge in [0.1, 0.15) is 16.8 Å². The Morgan fingerprint density at radius 2 is 1.70 bits per heavy atom. The zero-order valence-electron chi connectivity index (χ0n) is 17.5. The van der Waals surface area contributed by atoms with Crippen LogP contribution in [-0.4, -0.2) is 51.4 Å². The van der Waals surface area contributed by atoms with Crippen molar-refractivity contribution in [3.05, 3.63) is 59.9 Å². The van der Waals surface area contributed by atoms with Gasteiger partial charge in [-0.1, -0.05) is 38.1 Å². The second-order valence-electron chi connectivity index (χ2n) is 7.92. The molecule has 1 N–H and O–H groups in total. The second kappa shape index (κ2) is 9.14. The third kappa shape index (κ3) is 4.99. The number of nitrogens with zero attached hydrogens (tertiary/aromatic N) is 2. The van der Waals surface area contributed by atoms with Gasteiger partial charge in [0.2, 0.25) is 15.9 Å². The first-order valence-electron chi connectivity index (χ1n) is 10.1. The molecule has 1 fully saturated rings. The van der Waals surface area contributed by atoms with Crippen LogP contribution in [0.4, 0.5) is 10.1 Å². The van der Waals surface area contributed by atoms with Crippen molar-refractivity contribution in [2.75, 3.05) is 31.1 Å². The third-order valence-corrected chi connectivity index (χ3v) is 6.77. The highest BCUT2D eigenvalue weighted by Gasteiger charge is 2.33. The molecule has 1 aliphatic heterocycles. The number of hydrogen-bond acceptors (Lipinski definition) is 4. The van der Waals surface area contributed by atoms with Crippen molar-refractivity contribution >= 4 is 21.6 Å². The fraction of sp³-hybridized carbons (Fsp3) is 0.409. The summed E-state index contributed by atoms with van der Waals surface area (Å²) in [4.78, 5) is 16.6. The zero-order valence-corrected chi connectivity index (χ0v) is 18.3. The van der Waals surface area contributed by atoms with E-state index in [0.29, 0.717) is 26.2 Å². The molecule has 30 heavy (non-hydrogen) atoms. The minimum absolute atomic E-state index is 0.283. The van der Waals surface area contributed by atoms with Crippen LogP contribution < -0.4 is 9.62 Å². The van der Waals surface area contributed by atoms with Gasteiger partial charge in [-0.2, -0.15) is 4.72 Å². The standard InChI is InChI=1S/C22H28FN3O3S/c1-16(2)21(24-30(28,29)20-10-5-4-9-19(20)23)22(27)26-13-11-25(12-14-26)18-8-6-7-17(3)15-18/h4-10,15-16,21,24H,11-14H2,1-3H3/t21-/m0/s1. The summed E-state index contributed by atoms with van der Waals surface area (Å²) in [5.41, 5.74) is 2.29. The summed E-state index contributed by atoms with van der Waals surface area (Å²) < 4.78 is 41.8. The number of hydrogen-bond donors (Lipinski definition) is 1. The molecule has 0 unspecified atom stereocenters. The van der Waals surface area contributed by atoms with E-state index in [4.69, 9.17) is 0 Å². The number of anilines is 1. The molecule has 0 radical (unpaired) electrons. The molecule has 0 aliphatic carbocycles. The molecule has 3 rings (SSSR count). The van der Waals surface area contributed by atoms with Crippen molar-refractivity contribution in [2.24, 2.45) is 5.92 Å². The summed E-state index contributed by atoms with van der Waals surface area (Å²) in [6.45, 7) is 7.91. The number of piperazine rings is 1. The summed E-state index contributed by atoms with van der Waals surface area (Å²) >= 11 is 0. The first kappa shape index (κ1) is 22.2. The Morgan fingerprint density at radius 3 is 2.30 bits per heavy atom. The summed E-state index contributed by atoms with van der Waals surface area (Å²) in [5, 5.41) is 0. The maximum Gasteiger partial charge on any atom is 0.244 e. The van der Waals surface area contributed by atoms with E-state index in [9.17, 15) is 17.6 Å². The molecule has 1 aliphatic rings. The fourth-order valence-corrected chi connectivity index (χ4v) is 4.99. The monoisotopic (exact) mass is 433 g/mol. The minimum Gasteiger partial charge on any atom is -0.368 e. The normalized spacial score (nSPS) is 16.0. The zero-order chi connectivity index (χ0) is 21.9. The van der Waals surface area contributed by atoms with Crippen LogP contribution in [-0.2, 0) is 14.8 Å². The van der Waals surface area contributed by atoms with E-state index < -0.39 is 26.8 Å². The Kier molecular flexibility index (Phi) is 6.77. The average molecular weight is 434 g/mol. The molecule has 1 atom stereocenters. The van der Waals surface area contributed by atoms with Gasteiger partial charge in [-0.3, -0.25) is 4.79 Å². The van der Waals surface area contributed by atoms with E-state index >= 15 is 0 Å². The number of carbonyl (C=O) groups excluding carboxylic acids is 1. The smallest absolute Gasteiger partial charge is 0.244 e. The second-order valence-corrected chi connectivity index (χ2v) is 9.61. The maximum absolute atomic E-state index is 14.0. The van der Waals surface area contributed by atoms with Crippen molar-refractivity contribution in [1.29, 1.82) is 0 Å². The number of amides is 1. The first-order valence-corrected chi connectivity index (χ1v) is 11.5. The van der Waals surface area contributed by atoms with Crippen molar-refractivity contribution in [3.8, 4) is 0 Å². The van der Waals surface area contributed by atoms with Gasteiger partial charge >= 0.3 is 0 Å². The lowest BCUT2D eigenvalue weighted by Gasteiger charge is -2.38. The van der Waals surface area contributed by atoms with Crippen molar-refractivity contribution in [3.63, 3.8) is 0 Å². The molecule has 8 heteroatoms. The molecule has 6 nitrogen and oxygen atoms in total. The van der Waals surface area contributed by atoms with E-state index in [1.165, 1.54) is 23.8 Å². The SMILES string of the molecule is Cc1cccc(N2CCN(C(=O)[C@@H](NS(=O)(=O)c3ccccc3F)C(C)C)CC2)c1. The lowest BCUT2D eigenvalue weighted by atomic mass is 10.0. The van der Waals surface area contributed by atoms with Crippen LogP contribution >= 0.6 is 0 Å². The highest BCUT2D eigenvalue weighted by molar-refractivity contribution is 7.89. The first-order chi connectivity index (χ1) is 14.2. The van der Waals surface area contributed by atoms with Crippen LogP contribution in [0.5, 0.6) is 0 Å². The molecule has 1 saturated heterocycles. The summed E-state index contributed by atoms with van der Waals surface area (Å²) in [5.74, 6) is -1.41. The molecule has 2 aromatic rings. The molecular weight excluding hydrogens is 405 g/mol. The van der Waals surface area contributed by atoms with Crippen LogP contribution in [0.2, 0.25) is 0 Å². The van der Waals surface area contributed by atoms with Crippen LogP contribution in [0.15, 0.2) is 53.4 Å². The molecule has 1 heterocycles. The Bertz CT molecular complexity index is 1000. The molecule has 0 spiro atoms.